The molecule has 0 unspecified atom stereocenters. The first-order valence-electron chi connectivity index (χ1n) is 5.65. The molecule has 0 amide bonds. The average molecular weight is 219 g/mol. The summed E-state index contributed by atoms with van der Waals surface area (Å²) in [4.78, 5) is 11.7. The second-order valence-electron chi connectivity index (χ2n) is 4.71. The molecule has 0 saturated carbocycles. The van der Waals surface area contributed by atoms with E-state index in [9.17, 15) is 4.79 Å². The summed E-state index contributed by atoms with van der Waals surface area (Å²) in [5.41, 5.74) is 2.79. The first kappa shape index (κ1) is 11.0. The van der Waals surface area contributed by atoms with E-state index in [1.807, 2.05) is 32.0 Å². The largest absolute Gasteiger partial charge is 0.420 e. The molecule has 86 valence electrons. The summed E-state index contributed by atoms with van der Waals surface area (Å²) in [6, 6.07) is 6.06. The summed E-state index contributed by atoms with van der Waals surface area (Å²) in [7, 11) is 0. The van der Waals surface area contributed by atoms with Crippen LogP contribution >= 0.6 is 0 Å². The van der Waals surface area contributed by atoms with Gasteiger partial charge < -0.3 is 4.42 Å². The predicted molar refractivity (Wildman–Crippen MR) is 64.9 cm³/mol. The van der Waals surface area contributed by atoms with E-state index in [-0.39, 0.29) is 11.8 Å². The van der Waals surface area contributed by atoms with Gasteiger partial charge in [0.25, 0.3) is 0 Å². The van der Waals surface area contributed by atoms with E-state index in [1.165, 1.54) is 5.56 Å². The molecule has 2 aromatic rings. The lowest BCUT2D eigenvalue weighted by Crippen LogP contribution is -2.16. The molecule has 0 aliphatic heterocycles. The molecule has 0 radical (unpaired) electrons. The Morgan fingerprint density at radius 3 is 2.44 bits per heavy atom. The van der Waals surface area contributed by atoms with E-state index in [4.69, 9.17) is 4.42 Å². The maximum absolute atomic E-state index is 11.7. The van der Waals surface area contributed by atoms with Gasteiger partial charge in [0.1, 0.15) is 0 Å². The molecule has 0 spiro atoms. The van der Waals surface area contributed by atoms with Gasteiger partial charge in [-0.15, -0.1) is 0 Å². The Kier molecular flexibility index (Phi) is 2.62. The highest BCUT2D eigenvalue weighted by atomic mass is 16.4. The molecule has 3 nitrogen and oxygen atoms in total. The lowest BCUT2D eigenvalue weighted by molar-refractivity contribution is 0.478. The summed E-state index contributed by atoms with van der Waals surface area (Å²) in [6.07, 6.45) is 0. The molecule has 3 heteroatoms. The van der Waals surface area contributed by atoms with Crippen LogP contribution in [0.1, 0.15) is 45.2 Å². The molecule has 2 rings (SSSR count). The van der Waals surface area contributed by atoms with Crippen LogP contribution in [-0.4, -0.2) is 4.57 Å². The second kappa shape index (κ2) is 3.81. The summed E-state index contributed by atoms with van der Waals surface area (Å²) < 4.78 is 6.90. The van der Waals surface area contributed by atoms with Gasteiger partial charge in [0.2, 0.25) is 0 Å². The van der Waals surface area contributed by atoms with Crippen molar-refractivity contribution < 1.29 is 4.42 Å². The Morgan fingerprint density at radius 2 is 1.88 bits per heavy atom. The van der Waals surface area contributed by atoms with Crippen molar-refractivity contribution >= 4 is 11.1 Å². The third-order valence-corrected chi connectivity index (χ3v) is 2.82. The highest BCUT2D eigenvalue weighted by Crippen LogP contribution is 2.22. The number of oxazole rings is 1. The number of nitrogens with zero attached hydrogens (tertiary/aromatic N) is 1. The van der Waals surface area contributed by atoms with Gasteiger partial charge >= 0.3 is 5.76 Å². The first-order chi connectivity index (χ1) is 7.50. The number of aromatic nitrogens is 1. The van der Waals surface area contributed by atoms with Gasteiger partial charge in [0.05, 0.1) is 5.52 Å². The summed E-state index contributed by atoms with van der Waals surface area (Å²) >= 11 is 0. The fraction of sp³-hybridized carbons (Fsp3) is 0.462. The Morgan fingerprint density at radius 1 is 1.19 bits per heavy atom. The minimum atomic E-state index is -0.272. The zero-order chi connectivity index (χ0) is 11.9. The number of benzene rings is 1. The molecule has 0 bridgehead atoms. The Hall–Kier alpha value is -1.51. The van der Waals surface area contributed by atoms with Crippen LogP contribution in [0.25, 0.3) is 11.1 Å². The SMILES string of the molecule is CC(C)c1ccc2oc(=O)n(C(C)C)c2c1. The van der Waals surface area contributed by atoms with Gasteiger partial charge in [-0.1, -0.05) is 19.9 Å². The predicted octanol–water partition coefficient (Wildman–Crippen LogP) is 3.30. The average Bonchev–Trinajstić information content (AvgIpc) is 2.51. The standard InChI is InChI=1S/C13H17NO2/c1-8(2)10-5-6-12-11(7-10)14(9(3)4)13(15)16-12/h5-9H,1-4H3. The van der Waals surface area contributed by atoms with E-state index in [2.05, 4.69) is 13.8 Å². The maximum atomic E-state index is 11.7. The van der Waals surface area contributed by atoms with Crippen LogP contribution in [0.15, 0.2) is 27.4 Å². The van der Waals surface area contributed by atoms with Crippen molar-refractivity contribution in [3.63, 3.8) is 0 Å². The van der Waals surface area contributed by atoms with E-state index in [1.54, 1.807) is 4.57 Å². The smallest absolute Gasteiger partial charge is 0.408 e. The van der Waals surface area contributed by atoms with E-state index < -0.39 is 0 Å². The molecule has 0 saturated heterocycles. The molecular weight excluding hydrogens is 202 g/mol. The van der Waals surface area contributed by atoms with E-state index in [0.29, 0.717) is 11.5 Å². The van der Waals surface area contributed by atoms with E-state index in [0.717, 1.165) is 5.52 Å². The van der Waals surface area contributed by atoms with Gasteiger partial charge in [-0.05, 0) is 37.5 Å². The Labute approximate surface area is 94.7 Å². The first-order valence-corrected chi connectivity index (χ1v) is 5.65. The molecule has 1 aromatic heterocycles. The summed E-state index contributed by atoms with van der Waals surface area (Å²) in [6.45, 7) is 8.24. The molecule has 0 aliphatic rings. The minimum Gasteiger partial charge on any atom is -0.408 e. The van der Waals surface area contributed by atoms with Crippen molar-refractivity contribution in [2.75, 3.05) is 0 Å². The van der Waals surface area contributed by atoms with Crippen molar-refractivity contribution in [1.82, 2.24) is 4.57 Å². The maximum Gasteiger partial charge on any atom is 0.420 e. The van der Waals surface area contributed by atoms with Gasteiger partial charge in [0, 0.05) is 6.04 Å². The van der Waals surface area contributed by atoms with Crippen LogP contribution in [0, 0.1) is 0 Å². The topological polar surface area (TPSA) is 35.1 Å². The van der Waals surface area contributed by atoms with Crippen LogP contribution < -0.4 is 5.76 Å². The van der Waals surface area contributed by atoms with Crippen LogP contribution in [0.5, 0.6) is 0 Å². The van der Waals surface area contributed by atoms with Gasteiger partial charge in [0.15, 0.2) is 5.58 Å². The molecule has 0 N–H and O–H groups in total. The van der Waals surface area contributed by atoms with Gasteiger partial charge in [-0.2, -0.15) is 0 Å². The van der Waals surface area contributed by atoms with Crippen LogP contribution in [-0.2, 0) is 0 Å². The summed E-state index contributed by atoms with van der Waals surface area (Å²) in [5, 5.41) is 0. The second-order valence-corrected chi connectivity index (χ2v) is 4.71. The molecule has 0 fully saturated rings. The number of hydrogen-bond acceptors (Lipinski definition) is 2. The van der Waals surface area contributed by atoms with Crippen molar-refractivity contribution in [3.05, 3.63) is 34.3 Å². The monoisotopic (exact) mass is 219 g/mol. The fourth-order valence-electron chi connectivity index (χ4n) is 1.90. The highest BCUT2D eigenvalue weighted by molar-refractivity contribution is 5.74. The molecule has 16 heavy (non-hydrogen) atoms. The van der Waals surface area contributed by atoms with Crippen molar-refractivity contribution in [1.29, 1.82) is 0 Å². The Balaban J connectivity index is 2.75. The lowest BCUT2D eigenvalue weighted by atomic mass is 10.0. The van der Waals surface area contributed by atoms with Crippen LogP contribution in [0.3, 0.4) is 0 Å². The Bertz CT molecular complexity index is 561. The minimum absolute atomic E-state index is 0.121. The molecule has 1 aromatic carbocycles. The van der Waals surface area contributed by atoms with Crippen molar-refractivity contribution in [2.45, 2.75) is 39.7 Å². The molecule has 0 atom stereocenters. The van der Waals surface area contributed by atoms with E-state index >= 15 is 0 Å². The van der Waals surface area contributed by atoms with Crippen molar-refractivity contribution in [3.8, 4) is 0 Å². The zero-order valence-electron chi connectivity index (χ0n) is 10.2. The van der Waals surface area contributed by atoms with Crippen LogP contribution in [0.2, 0.25) is 0 Å². The number of rotatable bonds is 2. The van der Waals surface area contributed by atoms with Gasteiger partial charge in [-0.3, -0.25) is 4.57 Å². The van der Waals surface area contributed by atoms with Crippen molar-refractivity contribution in [2.24, 2.45) is 0 Å². The zero-order valence-corrected chi connectivity index (χ0v) is 10.2. The third kappa shape index (κ3) is 1.66. The molecular formula is C13H17NO2. The number of fused-ring (bicyclic) bond motifs is 1. The highest BCUT2D eigenvalue weighted by Gasteiger charge is 2.12. The normalized spacial score (nSPS) is 11.9. The number of hydrogen-bond donors (Lipinski definition) is 0. The molecule has 1 heterocycles. The van der Waals surface area contributed by atoms with Crippen LogP contribution in [0.4, 0.5) is 0 Å². The molecule has 0 aliphatic carbocycles. The quantitative estimate of drug-likeness (QED) is 0.776. The fourth-order valence-corrected chi connectivity index (χ4v) is 1.90. The lowest BCUT2D eigenvalue weighted by Gasteiger charge is -2.08. The summed E-state index contributed by atoms with van der Waals surface area (Å²) in [5.74, 6) is 0.181. The third-order valence-electron chi connectivity index (χ3n) is 2.82. The van der Waals surface area contributed by atoms with Gasteiger partial charge in [-0.25, -0.2) is 4.79 Å².